The monoisotopic (exact) mass is 435 g/mol. The Morgan fingerprint density at radius 3 is 2.53 bits per heavy atom. The molecule has 32 heavy (non-hydrogen) atoms. The van der Waals surface area contributed by atoms with Crippen molar-refractivity contribution in [2.75, 3.05) is 0 Å². The summed E-state index contributed by atoms with van der Waals surface area (Å²) in [5.74, 6) is -1.25. The van der Waals surface area contributed by atoms with E-state index in [0.717, 1.165) is 25.7 Å². The van der Waals surface area contributed by atoms with Crippen LogP contribution in [-0.2, 0) is 4.79 Å². The molecular formula is C25H22FNO5. The van der Waals surface area contributed by atoms with Gasteiger partial charge in [-0.05, 0) is 54.8 Å². The minimum atomic E-state index is -0.745. The Labute approximate surface area is 183 Å². The van der Waals surface area contributed by atoms with Gasteiger partial charge in [0.25, 0.3) is 5.91 Å². The van der Waals surface area contributed by atoms with Gasteiger partial charge in [0, 0.05) is 23.6 Å². The molecule has 0 spiro atoms. The van der Waals surface area contributed by atoms with E-state index >= 15 is 0 Å². The van der Waals surface area contributed by atoms with Crippen LogP contribution in [0.25, 0.3) is 17.0 Å². The Hall–Kier alpha value is -3.74. The number of ether oxygens (including phenoxy) is 1. The molecule has 0 bridgehead atoms. The third kappa shape index (κ3) is 5.29. The van der Waals surface area contributed by atoms with Crippen LogP contribution in [0.5, 0.6) is 5.75 Å². The molecule has 0 radical (unpaired) electrons. The second kappa shape index (κ2) is 9.60. The largest absolute Gasteiger partial charge is 0.423 e. The zero-order chi connectivity index (χ0) is 22.5. The van der Waals surface area contributed by atoms with E-state index in [9.17, 15) is 18.8 Å². The van der Waals surface area contributed by atoms with Gasteiger partial charge in [0.05, 0.1) is 0 Å². The van der Waals surface area contributed by atoms with Crippen LogP contribution in [0.2, 0.25) is 0 Å². The van der Waals surface area contributed by atoms with Crippen molar-refractivity contribution in [3.05, 3.63) is 82.0 Å². The van der Waals surface area contributed by atoms with Crippen molar-refractivity contribution < 1.29 is 23.1 Å². The number of carbonyl (C=O) groups excluding carboxylic acids is 2. The van der Waals surface area contributed by atoms with Crippen molar-refractivity contribution in [1.82, 2.24) is 5.32 Å². The molecule has 0 aliphatic heterocycles. The van der Waals surface area contributed by atoms with E-state index in [1.54, 1.807) is 12.1 Å². The highest BCUT2D eigenvalue weighted by Crippen LogP contribution is 2.22. The van der Waals surface area contributed by atoms with Crippen molar-refractivity contribution in [2.24, 2.45) is 0 Å². The molecule has 1 aromatic heterocycles. The molecule has 4 rings (SSSR count). The number of carbonyl (C=O) groups is 2. The van der Waals surface area contributed by atoms with Crippen molar-refractivity contribution in [2.45, 2.75) is 38.1 Å². The van der Waals surface area contributed by atoms with Crippen LogP contribution in [0.4, 0.5) is 4.39 Å². The predicted molar refractivity (Wildman–Crippen MR) is 118 cm³/mol. The summed E-state index contributed by atoms with van der Waals surface area (Å²) in [6, 6.07) is 11.8. The Balaban J connectivity index is 1.46. The average molecular weight is 435 g/mol. The molecule has 0 saturated heterocycles. The van der Waals surface area contributed by atoms with E-state index in [4.69, 9.17) is 9.15 Å². The first-order valence-corrected chi connectivity index (χ1v) is 10.5. The molecular weight excluding hydrogens is 413 g/mol. The second-order valence-electron chi connectivity index (χ2n) is 7.76. The molecule has 1 heterocycles. The van der Waals surface area contributed by atoms with E-state index in [1.807, 2.05) is 0 Å². The van der Waals surface area contributed by atoms with E-state index in [0.29, 0.717) is 10.9 Å². The van der Waals surface area contributed by atoms with Gasteiger partial charge in [0.1, 0.15) is 22.7 Å². The SMILES string of the molecule is O=C(/C=C/c1ccc(F)cc1)Oc1ccc2cc(C(=O)NC3CCCCC3)c(=O)oc2c1. The molecule has 6 nitrogen and oxygen atoms in total. The zero-order valence-corrected chi connectivity index (χ0v) is 17.3. The molecule has 1 fully saturated rings. The van der Waals surface area contributed by atoms with Crippen LogP contribution in [0.15, 0.2) is 63.8 Å². The number of nitrogens with one attached hydrogen (secondary N) is 1. The molecule has 0 unspecified atom stereocenters. The highest BCUT2D eigenvalue weighted by molar-refractivity contribution is 5.97. The maximum Gasteiger partial charge on any atom is 0.349 e. The highest BCUT2D eigenvalue weighted by atomic mass is 19.1. The van der Waals surface area contributed by atoms with Gasteiger partial charge < -0.3 is 14.5 Å². The van der Waals surface area contributed by atoms with Gasteiger partial charge in [-0.3, -0.25) is 4.79 Å². The lowest BCUT2D eigenvalue weighted by molar-refractivity contribution is -0.128. The third-order valence-electron chi connectivity index (χ3n) is 5.39. The fraction of sp³-hybridized carbons (Fsp3) is 0.240. The maximum absolute atomic E-state index is 12.9. The van der Waals surface area contributed by atoms with Crippen LogP contribution >= 0.6 is 0 Å². The minimum absolute atomic E-state index is 0.0463. The first kappa shape index (κ1) is 21.5. The fourth-order valence-electron chi connectivity index (χ4n) is 3.71. The van der Waals surface area contributed by atoms with Crippen LogP contribution in [0.3, 0.4) is 0 Å². The first-order valence-electron chi connectivity index (χ1n) is 10.5. The Morgan fingerprint density at radius 1 is 1.03 bits per heavy atom. The van der Waals surface area contributed by atoms with Crippen molar-refractivity contribution in [3.8, 4) is 5.75 Å². The number of esters is 1. The summed E-state index contributed by atoms with van der Waals surface area (Å²) in [7, 11) is 0. The summed E-state index contributed by atoms with van der Waals surface area (Å²) >= 11 is 0. The second-order valence-corrected chi connectivity index (χ2v) is 7.76. The summed E-state index contributed by atoms with van der Waals surface area (Å²) in [6.45, 7) is 0. The smallest absolute Gasteiger partial charge is 0.349 e. The van der Waals surface area contributed by atoms with Gasteiger partial charge in [0.15, 0.2) is 0 Å². The number of hydrogen-bond acceptors (Lipinski definition) is 5. The zero-order valence-electron chi connectivity index (χ0n) is 17.3. The van der Waals surface area contributed by atoms with Gasteiger partial charge >= 0.3 is 11.6 Å². The van der Waals surface area contributed by atoms with Gasteiger partial charge in [-0.25, -0.2) is 14.0 Å². The topological polar surface area (TPSA) is 85.6 Å². The lowest BCUT2D eigenvalue weighted by Gasteiger charge is -2.22. The summed E-state index contributed by atoms with van der Waals surface area (Å²) in [5.41, 5.74) is 0.0597. The normalized spacial score (nSPS) is 14.5. The number of hydrogen-bond donors (Lipinski definition) is 1. The van der Waals surface area contributed by atoms with Gasteiger partial charge in [-0.1, -0.05) is 31.4 Å². The summed E-state index contributed by atoms with van der Waals surface area (Å²) in [5, 5.41) is 3.45. The first-order chi connectivity index (χ1) is 15.5. The van der Waals surface area contributed by atoms with E-state index in [-0.39, 0.29) is 28.8 Å². The van der Waals surface area contributed by atoms with Crippen molar-refractivity contribution in [1.29, 1.82) is 0 Å². The molecule has 0 atom stereocenters. The van der Waals surface area contributed by atoms with Crippen LogP contribution in [-0.4, -0.2) is 17.9 Å². The molecule has 1 saturated carbocycles. The average Bonchev–Trinajstić information content (AvgIpc) is 2.79. The molecule has 164 valence electrons. The standard InChI is InChI=1S/C25H22FNO5/c26-18-10-6-16(7-11-18)8-13-23(28)31-20-12-9-17-14-21(25(30)32-22(17)15-20)24(29)27-19-4-2-1-3-5-19/h6-15,19H,1-5H2,(H,27,29)/b13-8+. The summed E-state index contributed by atoms with van der Waals surface area (Å²) in [4.78, 5) is 36.9. The summed E-state index contributed by atoms with van der Waals surface area (Å²) in [6.07, 6.45) is 7.84. The minimum Gasteiger partial charge on any atom is -0.423 e. The quantitative estimate of drug-likeness (QED) is 0.274. The van der Waals surface area contributed by atoms with Gasteiger partial charge in [-0.15, -0.1) is 0 Å². The van der Waals surface area contributed by atoms with Gasteiger partial charge in [0.2, 0.25) is 0 Å². The fourth-order valence-corrected chi connectivity index (χ4v) is 3.71. The molecule has 1 aliphatic rings. The summed E-state index contributed by atoms with van der Waals surface area (Å²) < 4.78 is 23.5. The van der Waals surface area contributed by atoms with Crippen LogP contribution in [0, 0.1) is 5.82 Å². The highest BCUT2D eigenvalue weighted by Gasteiger charge is 2.20. The van der Waals surface area contributed by atoms with E-state index in [1.165, 1.54) is 55.0 Å². The molecule has 2 aromatic carbocycles. The number of halogens is 1. The Bertz CT molecular complexity index is 1220. The Kier molecular flexibility index (Phi) is 6.44. The molecule has 7 heteroatoms. The van der Waals surface area contributed by atoms with Crippen molar-refractivity contribution in [3.63, 3.8) is 0 Å². The van der Waals surface area contributed by atoms with Crippen LogP contribution < -0.4 is 15.7 Å². The number of fused-ring (bicyclic) bond motifs is 1. The molecule has 1 amide bonds. The molecule has 3 aromatic rings. The lowest BCUT2D eigenvalue weighted by Crippen LogP contribution is -2.38. The third-order valence-corrected chi connectivity index (χ3v) is 5.39. The van der Waals surface area contributed by atoms with E-state index < -0.39 is 17.5 Å². The maximum atomic E-state index is 12.9. The lowest BCUT2D eigenvalue weighted by atomic mass is 9.95. The molecule has 1 N–H and O–H groups in total. The van der Waals surface area contributed by atoms with Crippen molar-refractivity contribution >= 4 is 28.9 Å². The molecule has 1 aliphatic carbocycles. The number of benzene rings is 2. The van der Waals surface area contributed by atoms with Crippen LogP contribution in [0.1, 0.15) is 48.0 Å². The number of amides is 1. The number of rotatable bonds is 5. The predicted octanol–water partition coefficient (Wildman–Crippen LogP) is 4.61. The van der Waals surface area contributed by atoms with Gasteiger partial charge in [-0.2, -0.15) is 0 Å². The van der Waals surface area contributed by atoms with E-state index in [2.05, 4.69) is 5.32 Å². The Morgan fingerprint density at radius 2 is 1.78 bits per heavy atom.